The molecule has 0 spiro atoms. The summed E-state index contributed by atoms with van der Waals surface area (Å²) < 4.78 is 39.5. The Bertz CT molecular complexity index is 1730. The largest absolute Gasteiger partial charge is 0.416 e. The molecule has 0 bridgehead atoms. The van der Waals surface area contributed by atoms with E-state index in [1.54, 1.807) is 0 Å². The molecule has 42 heavy (non-hydrogen) atoms. The maximum absolute atomic E-state index is 13.4. The van der Waals surface area contributed by atoms with E-state index in [2.05, 4.69) is 42.2 Å². The standard InChI is InChI=1S/C33H30F3N3O3/c1-20-7-2-3-12-25(20)21-8-4-10-23(17-21)32(14-15-32)31-37-27-13-6-16-39(19-26(27)29(41)38-31)30(42)28(40)22-9-5-11-24(18-22)33(34,35)36/h2-5,7-12,17-18,28,40H,6,13-16,19H2,1H3,(H,37,38,41)/t28-/m1/s1. The van der Waals surface area contributed by atoms with Crippen LogP contribution in [-0.4, -0.2) is 32.4 Å². The Kier molecular flexibility index (Phi) is 7.01. The van der Waals surface area contributed by atoms with Crippen LogP contribution in [0, 0.1) is 6.92 Å². The van der Waals surface area contributed by atoms with E-state index in [1.165, 1.54) is 16.5 Å². The maximum atomic E-state index is 13.4. The predicted octanol–water partition coefficient (Wildman–Crippen LogP) is 5.85. The third-order valence-electron chi connectivity index (χ3n) is 8.44. The first-order valence-electron chi connectivity index (χ1n) is 14.0. The highest BCUT2D eigenvalue weighted by molar-refractivity contribution is 5.82. The normalized spacial score (nSPS) is 16.8. The Morgan fingerprint density at radius 2 is 1.81 bits per heavy atom. The second kappa shape index (κ2) is 10.5. The van der Waals surface area contributed by atoms with Crippen LogP contribution in [-0.2, 0) is 29.4 Å². The van der Waals surface area contributed by atoms with Gasteiger partial charge >= 0.3 is 6.18 Å². The number of aliphatic hydroxyl groups excluding tert-OH is 1. The van der Waals surface area contributed by atoms with Crippen molar-refractivity contribution in [3.05, 3.63) is 122 Å². The Hall–Kier alpha value is -4.24. The number of aliphatic hydroxyl groups is 1. The number of alkyl halides is 3. The van der Waals surface area contributed by atoms with E-state index in [-0.39, 0.29) is 24.2 Å². The van der Waals surface area contributed by atoms with E-state index in [4.69, 9.17) is 4.98 Å². The van der Waals surface area contributed by atoms with Crippen LogP contribution in [0.4, 0.5) is 13.2 Å². The molecular formula is C33H30F3N3O3. The highest BCUT2D eigenvalue weighted by Gasteiger charge is 2.49. The number of hydrogen-bond acceptors (Lipinski definition) is 4. The Morgan fingerprint density at radius 1 is 1.05 bits per heavy atom. The van der Waals surface area contributed by atoms with Crippen molar-refractivity contribution in [1.82, 2.24) is 14.9 Å². The summed E-state index contributed by atoms with van der Waals surface area (Å²) in [4.78, 5) is 35.8. The molecule has 6 nitrogen and oxygen atoms in total. The van der Waals surface area contributed by atoms with Gasteiger partial charge in [-0.05, 0) is 72.6 Å². The number of nitrogens with one attached hydrogen (secondary N) is 1. The highest BCUT2D eigenvalue weighted by atomic mass is 19.4. The summed E-state index contributed by atoms with van der Waals surface area (Å²) in [5, 5.41) is 10.7. The van der Waals surface area contributed by atoms with Crippen molar-refractivity contribution in [1.29, 1.82) is 0 Å². The fraction of sp³-hybridized carbons (Fsp3) is 0.303. The van der Waals surface area contributed by atoms with Crippen molar-refractivity contribution < 1.29 is 23.1 Å². The third kappa shape index (κ3) is 5.13. The summed E-state index contributed by atoms with van der Waals surface area (Å²) in [5.74, 6) is -0.144. The molecule has 1 fully saturated rings. The summed E-state index contributed by atoms with van der Waals surface area (Å²) in [6, 6.07) is 20.6. The van der Waals surface area contributed by atoms with Gasteiger partial charge < -0.3 is 15.0 Å². The quantitative estimate of drug-likeness (QED) is 0.314. The van der Waals surface area contributed by atoms with Crippen molar-refractivity contribution >= 4 is 5.91 Å². The van der Waals surface area contributed by atoms with Crippen molar-refractivity contribution in [2.75, 3.05) is 6.54 Å². The summed E-state index contributed by atoms with van der Waals surface area (Å²) in [7, 11) is 0. The lowest BCUT2D eigenvalue weighted by molar-refractivity contribution is -0.142. The van der Waals surface area contributed by atoms with Gasteiger partial charge in [-0.3, -0.25) is 9.59 Å². The smallest absolute Gasteiger partial charge is 0.378 e. The maximum Gasteiger partial charge on any atom is 0.416 e. The lowest BCUT2D eigenvalue weighted by Crippen LogP contribution is -2.36. The van der Waals surface area contributed by atoms with Gasteiger partial charge in [0.1, 0.15) is 5.82 Å². The molecule has 1 aromatic heterocycles. The zero-order valence-corrected chi connectivity index (χ0v) is 23.0. The average Bonchev–Trinajstić information content (AvgIpc) is 3.81. The monoisotopic (exact) mass is 573 g/mol. The summed E-state index contributed by atoms with van der Waals surface area (Å²) in [6.45, 7) is 2.24. The summed E-state index contributed by atoms with van der Waals surface area (Å²) in [6.07, 6.45) is -3.72. The van der Waals surface area contributed by atoms with Gasteiger partial charge in [0.05, 0.1) is 28.8 Å². The average molecular weight is 574 g/mol. The number of aryl methyl sites for hydroxylation is 2. The highest BCUT2D eigenvalue weighted by Crippen LogP contribution is 2.52. The van der Waals surface area contributed by atoms with E-state index in [1.807, 2.05) is 18.2 Å². The molecule has 3 aromatic carbocycles. The van der Waals surface area contributed by atoms with Crippen molar-refractivity contribution in [2.45, 2.75) is 56.8 Å². The molecule has 1 aliphatic carbocycles. The van der Waals surface area contributed by atoms with Crippen LogP contribution in [0.25, 0.3) is 11.1 Å². The van der Waals surface area contributed by atoms with Gasteiger partial charge in [-0.1, -0.05) is 60.7 Å². The number of amides is 1. The number of H-pyrrole nitrogens is 1. The van der Waals surface area contributed by atoms with Gasteiger partial charge in [0.15, 0.2) is 6.10 Å². The van der Waals surface area contributed by atoms with Crippen LogP contribution in [0.5, 0.6) is 0 Å². The van der Waals surface area contributed by atoms with E-state index < -0.39 is 29.2 Å². The van der Waals surface area contributed by atoms with Gasteiger partial charge in [-0.2, -0.15) is 13.2 Å². The van der Waals surface area contributed by atoms with Crippen LogP contribution >= 0.6 is 0 Å². The van der Waals surface area contributed by atoms with Gasteiger partial charge in [0.2, 0.25) is 0 Å². The SMILES string of the molecule is Cc1ccccc1-c1cccc(C2(c3nc4c(c(=O)[nH]3)CN(C(=O)[C@H](O)c3cccc(C(F)(F)F)c3)CCC4)CC2)c1. The Balaban J connectivity index is 1.27. The first kappa shape index (κ1) is 27.9. The number of fused-ring (bicyclic) bond motifs is 1. The molecule has 0 unspecified atom stereocenters. The molecular weight excluding hydrogens is 543 g/mol. The van der Waals surface area contributed by atoms with Crippen molar-refractivity contribution in [2.24, 2.45) is 0 Å². The van der Waals surface area contributed by atoms with Crippen molar-refractivity contribution in [3.8, 4) is 11.1 Å². The molecule has 1 saturated carbocycles. The minimum absolute atomic E-state index is 0.0808. The second-order valence-electron chi connectivity index (χ2n) is 11.2. The zero-order chi connectivity index (χ0) is 29.6. The molecule has 9 heteroatoms. The van der Waals surface area contributed by atoms with Gasteiger partial charge in [-0.15, -0.1) is 0 Å². The Labute approximate surface area is 240 Å². The number of aromatic amines is 1. The molecule has 216 valence electrons. The van der Waals surface area contributed by atoms with Crippen LogP contribution in [0.2, 0.25) is 0 Å². The number of aromatic nitrogens is 2. The van der Waals surface area contributed by atoms with Gasteiger partial charge in [0.25, 0.3) is 11.5 Å². The molecule has 1 atom stereocenters. The molecule has 0 radical (unpaired) electrons. The first-order valence-corrected chi connectivity index (χ1v) is 14.0. The molecule has 2 heterocycles. The predicted molar refractivity (Wildman–Crippen MR) is 152 cm³/mol. The van der Waals surface area contributed by atoms with Crippen molar-refractivity contribution in [3.63, 3.8) is 0 Å². The molecule has 2 N–H and O–H groups in total. The first-order chi connectivity index (χ1) is 20.1. The molecule has 0 saturated heterocycles. The van der Waals surface area contributed by atoms with Gasteiger partial charge in [0, 0.05) is 6.54 Å². The van der Waals surface area contributed by atoms with Crippen LogP contribution < -0.4 is 5.56 Å². The van der Waals surface area contributed by atoms with E-state index in [9.17, 15) is 27.9 Å². The number of carbonyl (C=O) groups is 1. The van der Waals surface area contributed by atoms with E-state index in [0.29, 0.717) is 29.9 Å². The van der Waals surface area contributed by atoms with Crippen LogP contribution in [0.15, 0.2) is 77.6 Å². The summed E-state index contributed by atoms with van der Waals surface area (Å²) >= 11 is 0. The summed E-state index contributed by atoms with van der Waals surface area (Å²) in [5.41, 5.74) is 3.63. The number of benzene rings is 3. The third-order valence-corrected chi connectivity index (χ3v) is 8.44. The van der Waals surface area contributed by atoms with Crippen LogP contribution in [0.1, 0.15) is 64.7 Å². The fourth-order valence-corrected chi connectivity index (χ4v) is 5.91. The fourth-order valence-electron chi connectivity index (χ4n) is 5.91. The minimum Gasteiger partial charge on any atom is -0.378 e. The number of nitrogens with zero attached hydrogens (tertiary/aromatic N) is 2. The van der Waals surface area contributed by atoms with E-state index in [0.717, 1.165) is 47.7 Å². The number of halogens is 3. The van der Waals surface area contributed by atoms with Crippen LogP contribution in [0.3, 0.4) is 0 Å². The van der Waals surface area contributed by atoms with E-state index >= 15 is 0 Å². The molecule has 1 aliphatic heterocycles. The lowest BCUT2D eigenvalue weighted by atomic mass is 9.90. The topological polar surface area (TPSA) is 86.3 Å². The number of hydrogen-bond donors (Lipinski definition) is 2. The number of rotatable bonds is 5. The molecule has 2 aliphatic rings. The van der Waals surface area contributed by atoms with Gasteiger partial charge in [-0.25, -0.2) is 4.98 Å². The molecule has 6 rings (SSSR count). The number of carbonyl (C=O) groups excluding carboxylic acids is 1. The minimum atomic E-state index is -4.60. The molecule has 4 aromatic rings. The molecule has 1 amide bonds. The lowest BCUT2D eigenvalue weighted by Gasteiger charge is -2.24. The zero-order valence-electron chi connectivity index (χ0n) is 23.0. The second-order valence-corrected chi connectivity index (χ2v) is 11.2. The Morgan fingerprint density at radius 3 is 2.55 bits per heavy atom.